The highest BCUT2D eigenvalue weighted by atomic mass is 16.4. The highest BCUT2D eigenvalue weighted by Gasteiger charge is 2.45. The van der Waals surface area contributed by atoms with E-state index in [1.165, 1.54) is 24.3 Å². The highest BCUT2D eigenvalue weighted by molar-refractivity contribution is 6.25. The van der Waals surface area contributed by atoms with Gasteiger partial charge in [0, 0.05) is 18.5 Å². The standard InChI is InChI=1S/C13H11N3O4.C13H12N2O5/c14-7-3-1-2-6-10(7)13(20)16(12(6)19)8-4-5-9(17)15-11(8)18;14-11(18)9(5-6-10(16)17)15-12(19)7-3-1-2-4-8(7)13(15)20/h1-3,8H,4-5,14H2,(H,15,17,18);1-4,9H,5-6H2,(H2,14,18)(H,16,17)/t;9-/m.0/s1. The number of fused-ring (bicyclic) bond motifs is 2. The molecule has 5 rings (SSSR count). The average molecular weight is 549 g/mol. The van der Waals surface area contributed by atoms with Crippen LogP contribution in [-0.2, 0) is 19.2 Å². The number of carbonyl (C=O) groups is 8. The van der Waals surface area contributed by atoms with E-state index in [2.05, 4.69) is 5.32 Å². The van der Waals surface area contributed by atoms with Gasteiger partial charge in [-0.2, -0.15) is 0 Å². The van der Waals surface area contributed by atoms with Crippen molar-refractivity contribution in [3.8, 4) is 0 Å². The molecule has 2 aromatic carbocycles. The molecule has 1 unspecified atom stereocenters. The van der Waals surface area contributed by atoms with Crippen molar-refractivity contribution < 1.29 is 43.5 Å². The number of nitrogens with two attached hydrogens (primary N) is 2. The van der Waals surface area contributed by atoms with Crippen molar-refractivity contribution in [2.75, 3.05) is 5.73 Å². The Morgan fingerprint density at radius 2 is 1.50 bits per heavy atom. The molecule has 0 spiro atoms. The summed E-state index contributed by atoms with van der Waals surface area (Å²) < 4.78 is 0. The number of benzene rings is 2. The molecule has 206 valence electrons. The summed E-state index contributed by atoms with van der Waals surface area (Å²) in [5.74, 6) is -5.45. The smallest absolute Gasteiger partial charge is 0.303 e. The van der Waals surface area contributed by atoms with E-state index in [0.717, 1.165) is 9.80 Å². The van der Waals surface area contributed by atoms with Crippen LogP contribution in [0.3, 0.4) is 0 Å². The Bertz CT molecular complexity index is 1470. The topological polar surface area (TPSA) is 227 Å². The van der Waals surface area contributed by atoms with Crippen LogP contribution in [0.15, 0.2) is 42.5 Å². The minimum atomic E-state index is -1.25. The van der Waals surface area contributed by atoms with Gasteiger partial charge >= 0.3 is 5.97 Å². The number of nitrogens with one attached hydrogen (secondary N) is 1. The number of anilines is 1. The molecule has 1 fully saturated rings. The van der Waals surface area contributed by atoms with E-state index < -0.39 is 59.4 Å². The van der Waals surface area contributed by atoms with Crippen LogP contribution in [0.4, 0.5) is 5.69 Å². The molecule has 2 aromatic rings. The molecule has 0 aliphatic carbocycles. The number of hydrogen-bond acceptors (Lipinski definition) is 9. The second-order valence-electron chi connectivity index (χ2n) is 9.09. The van der Waals surface area contributed by atoms with E-state index in [4.69, 9.17) is 16.6 Å². The first-order chi connectivity index (χ1) is 18.9. The van der Waals surface area contributed by atoms with Crippen molar-refractivity contribution in [1.82, 2.24) is 15.1 Å². The molecule has 0 aromatic heterocycles. The van der Waals surface area contributed by atoms with Crippen LogP contribution in [0.25, 0.3) is 0 Å². The minimum Gasteiger partial charge on any atom is -0.481 e. The minimum absolute atomic E-state index is 0.0965. The lowest BCUT2D eigenvalue weighted by atomic mass is 10.0. The molecular weight excluding hydrogens is 526 g/mol. The summed E-state index contributed by atoms with van der Waals surface area (Å²) in [7, 11) is 0. The van der Waals surface area contributed by atoms with Crippen molar-refractivity contribution in [2.45, 2.75) is 37.8 Å². The number of carbonyl (C=O) groups excluding carboxylic acids is 7. The first kappa shape index (κ1) is 27.6. The van der Waals surface area contributed by atoms with Gasteiger partial charge in [-0.05, 0) is 37.1 Å². The molecule has 3 heterocycles. The van der Waals surface area contributed by atoms with E-state index >= 15 is 0 Å². The Morgan fingerprint density at radius 3 is 2.02 bits per heavy atom. The fourth-order valence-electron chi connectivity index (χ4n) is 4.69. The molecule has 0 bridgehead atoms. The van der Waals surface area contributed by atoms with E-state index in [-0.39, 0.29) is 53.6 Å². The molecule has 6 N–H and O–H groups in total. The number of carboxylic acids is 1. The summed E-state index contributed by atoms with van der Waals surface area (Å²) in [5, 5.41) is 10.8. The van der Waals surface area contributed by atoms with Crippen LogP contribution in [0.5, 0.6) is 0 Å². The predicted octanol–water partition coefficient (Wildman–Crippen LogP) is -0.329. The lowest BCUT2D eigenvalue weighted by Gasteiger charge is -2.27. The third-order valence-electron chi connectivity index (χ3n) is 6.60. The first-order valence-electron chi connectivity index (χ1n) is 12.0. The number of aliphatic carboxylic acids is 1. The van der Waals surface area contributed by atoms with Gasteiger partial charge in [0.2, 0.25) is 17.7 Å². The maximum Gasteiger partial charge on any atom is 0.303 e. The van der Waals surface area contributed by atoms with E-state index in [1.807, 2.05) is 0 Å². The van der Waals surface area contributed by atoms with Crippen molar-refractivity contribution in [2.24, 2.45) is 5.73 Å². The Morgan fingerprint density at radius 1 is 0.900 bits per heavy atom. The summed E-state index contributed by atoms with van der Waals surface area (Å²) in [6, 6.07) is 8.55. The van der Waals surface area contributed by atoms with Crippen molar-refractivity contribution in [3.05, 3.63) is 64.7 Å². The van der Waals surface area contributed by atoms with Gasteiger partial charge in [0.1, 0.15) is 12.1 Å². The summed E-state index contributed by atoms with van der Waals surface area (Å²) >= 11 is 0. The Hall–Kier alpha value is -5.40. The number of carboxylic acid groups (broad SMARTS) is 1. The Kier molecular flexibility index (Phi) is 7.43. The SMILES string of the molecule is NC(=O)[C@H](CCC(=O)O)N1C(=O)c2ccccc2C1=O.Nc1cccc2c1C(=O)N(C1CCC(=O)NC1=O)C2=O. The van der Waals surface area contributed by atoms with Gasteiger partial charge in [0.15, 0.2) is 0 Å². The molecule has 3 aliphatic heterocycles. The molecule has 40 heavy (non-hydrogen) atoms. The molecule has 7 amide bonds. The highest BCUT2D eigenvalue weighted by Crippen LogP contribution is 2.31. The summed E-state index contributed by atoms with van der Waals surface area (Å²) in [5.41, 5.74) is 11.8. The van der Waals surface area contributed by atoms with E-state index in [1.54, 1.807) is 18.2 Å². The van der Waals surface area contributed by atoms with E-state index in [0.29, 0.717) is 0 Å². The van der Waals surface area contributed by atoms with Crippen LogP contribution in [0.1, 0.15) is 67.1 Å². The molecule has 1 saturated heterocycles. The first-order valence-corrected chi connectivity index (χ1v) is 12.0. The molecule has 0 radical (unpaired) electrons. The number of imide groups is 3. The Balaban J connectivity index is 0.000000185. The van der Waals surface area contributed by atoms with E-state index in [9.17, 15) is 38.4 Å². The van der Waals surface area contributed by atoms with Gasteiger partial charge in [0.25, 0.3) is 23.6 Å². The van der Waals surface area contributed by atoms with Gasteiger partial charge in [-0.3, -0.25) is 53.5 Å². The fourth-order valence-corrected chi connectivity index (χ4v) is 4.69. The zero-order valence-corrected chi connectivity index (χ0v) is 20.8. The zero-order chi connectivity index (χ0) is 29.3. The van der Waals surface area contributed by atoms with Crippen LogP contribution < -0.4 is 16.8 Å². The van der Waals surface area contributed by atoms with Gasteiger partial charge in [-0.1, -0.05) is 18.2 Å². The van der Waals surface area contributed by atoms with Gasteiger partial charge in [-0.25, -0.2) is 0 Å². The summed E-state index contributed by atoms with van der Waals surface area (Å²) in [4.78, 5) is 95.5. The van der Waals surface area contributed by atoms with Crippen LogP contribution >= 0.6 is 0 Å². The molecule has 3 aliphatic rings. The Labute approximate surface area is 225 Å². The monoisotopic (exact) mass is 549 g/mol. The van der Waals surface area contributed by atoms with Crippen molar-refractivity contribution in [3.63, 3.8) is 0 Å². The van der Waals surface area contributed by atoms with Crippen LogP contribution in [-0.4, -0.2) is 74.3 Å². The normalized spacial score (nSPS) is 18.6. The number of hydrogen-bond donors (Lipinski definition) is 4. The van der Waals surface area contributed by atoms with Gasteiger partial charge < -0.3 is 16.6 Å². The number of piperidine rings is 1. The maximum absolute atomic E-state index is 12.3. The lowest BCUT2D eigenvalue weighted by Crippen LogP contribution is -2.54. The molecular formula is C26H23N5O9. The average Bonchev–Trinajstić information content (AvgIpc) is 3.30. The van der Waals surface area contributed by atoms with Gasteiger partial charge in [-0.15, -0.1) is 0 Å². The number of nitrogen functional groups attached to an aromatic ring is 1. The van der Waals surface area contributed by atoms with Crippen molar-refractivity contribution >= 4 is 53.0 Å². The third-order valence-corrected chi connectivity index (χ3v) is 6.60. The fraction of sp³-hybridized carbons (Fsp3) is 0.231. The number of amides is 7. The third kappa shape index (κ3) is 4.89. The number of primary amides is 1. The summed E-state index contributed by atoms with van der Waals surface area (Å²) in [6.45, 7) is 0. The molecule has 2 atom stereocenters. The maximum atomic E-state index is 12.3. The second-order valence-corrected chi connectivity index (χ2v) is 9.09. The predicted molar refractivity (Wildman–Crippen MR) is 134 cm³/mol. The molecule has 14 nitrogen and oxygen atoms in total. The lowest BCUT2D eigenvalue weighted by molar-refractivity contribution is -0.138. The second kappa shape index (κ2) is 10.8. The summed E-state index contributed by atoms with van der Waals surface area (Å²) in [6.07, 6.45) is -0.327. The largest absolute Gasteiger partial charge is 0.481 e. The van der Waals surface area contributed by atoms with Gasteiger partial charge in [0.05, 0.1) is 22.3 Å². The quantitative estimate of drug-likeness (QED) is 0.271. The number of rotatable bonds is 6. The van der Waals surface area contributed by atoms with Crippen LogP contribution in [0.2, 0.25) is 0 Å². The zero-order valence-electron chi connectivity index (χ0n) is 20.8. The van der Waals surface area contributed by atoms with Crippen molar-refractivity contribution in [1.29, 1.82) is 0 Å². The number of nitrogens with zero attached hydrogens (tertiary/aromatic N) is 2. The molecule has 0 saturated carbocycles. The molecule has 14 heteroatoms. The van der Waals surface area contributed by atoms with Crippen LogP contribution in [0, 0.1) is 0 Å².